The molecule has 4 rings (SSSR count). The van der Waals surface area contributed by atoms with Gasteiger partial charge in [0.15, 0.2) is 5.76 Å². The summed E-state index contributed by atoms with van der Waals surface area (Å²) in [4.78, 5) is 20.6. The fourth-order valence-electron chi connectivity index (χ4n) is 3.27. The van der Waals surface area contributed by atoms with Crippen molar-refractivity contribution in [1.82, 2.24) is 20.0 Å². The average Bonchev–Trinajstić information content (AvgIpc) is 3.30. The van der Waals surface area contributed by atoms with Gasteiger partial charge in [-0.05, 0) is 56.0 Å². The lowest BCUT2D eigenvalue weighted by Gasteiger charge is -2.30. The summed E-state index contributed by atoms with van der Waals surface area (Å²) in [5.74, 6) is 2.37. The predicted octanol–water partition coefficient (Wildman–Crippen LogP) is 2.47. The second-order valence-corrected chi connectivity index (χ2v) is 6.47. The molecule has 1 saturated heterocycles. The molecule has 1 fully saturated rings. The topological polar surface area (TPSA) is 88.2 Å². The number of piperidine rings is 1. The highest BCUT2D eigenvalue weighted by atomic mass is 16.5. The van der Waals surface area contributed by atoms with E-state index in [0.29, 0.717) is 29.9 Å². The molecule has 0 saturated carbocycles. The molecule has 7 heteroatoms. The predicted molar refractivity (Wildman–Crippen MR) is 90.8 cm³/mol. The van der Waals surface area contributed by atoms with E-state index in [1.807, 2.05) is 18.3 Å². The molecule has 0 bridgehead atoms. The molecule has 0 atom stereocenters. The van der Waals surface area contributed by atoms with Gasteiger partial charge >= 0.3 is 0 Å². The van der Waals surface area contributed by atoms with Crippen LogP contribution < -0.4 is 5.56 Å². The summed E-state index contributed by atoms with van der Waals surface area (Å²) < 4.78 is 10.6. The minimum Gasteiger partial charge on any atom is -0.461 e. The van der Waals surface area contributed by atoms with Crippen molar-refractivity contribution in [3.05, 3.63) is 58.5 Å². The quantitative estimate of drug-likeness (QED) is 0.767. The fourth-order valence-corrected chi connectivity index (χ4v) is 3.27. The van der Waals surface area contributed by atoms with Crippen LogP contribution >= 0.6 is 0 Å². The van der Waals surface area contributed by atoms with E-state index >= 15 is 0 Å². The van der Waals surface area contributed by atoms with Crippen LogP contribution in [-0.2, 0) is 13.0 Å². The van der Waals surface area contributed by atoms with Crippen LogP contribution in [0.5, 0.6) is 0 Å². The first-order chi connectivity index (χ1) is 12.3. The summed E-state index contributed by atoms with van der Waals surface area (Å²) in [6.07, 6.45) is 6.67. The molecular formula is C18H20N4O3. The maximum absolute atomic E-state index is 11.1. The van der Waals surface area contributed by atoms with Crippen molar-refractivity contribution in [1.29, 1.82) is 0 Å². The van der Waals surface area contributed by atoms with Crippen molar-refractivity contribution >= 4 is 0 Å². The summed E-state index contributed by atoms with van der Waals surface area (Å²) in [6.45, 7) is 2.68. The Kier molecular flexibility index (Phi) is 4.47. The number of hydrogen-bond donors (Lipinski definition) is 1. The van der Waals surface area contributed by atoms with Gasteiger partial charge in [-0.25, -0.2) is 0 Å². The third-order valence-electron chi connectivity index (χ3n) is 4.65. The zero-order valence-corrected chi connectivity index (χ0v) is 13.9. The summed E-state index contributed by atoms with van der Waals surface area (Å²) in [5, 5.41) is 3.97. The van der Waals surface area contributed by atoms with Gasteiger partial charge in [0, 0.05) is 12.3 Å². The molecule has 1 aliphatic heterocycles. The molecule has 0 unspecified atom stereocenters. The van der Waals surface area contributed by atoms with E-state index in [-0.39, 0.29) is 5.56 Å². The van der Waals surface area contributed by atoms with Gasteiger partial charge in [-0.1, -0.05) is 11.2 Å². The van der Waals surface area contributed by atoms with Crippen molar-refractivity contribution in [3.8, 4) is 11.6 Å². The summed E-state index contributed by atoms with van der Waals surface area (Å²) >= 11 is 0. The number of furan rings is 1. The van der Waals surface area contributed by atoms with Crippen LogP contribution in [0.2, 0.25) is 0 Å². The lowest BCUT2D eigenvalue weighted by Crippen LogP contribution is -2.34. The first kappa shape index (κ1) is 15.8. The molecule has 0 aromatic carbocycles. The molecule has 4 heterocycles. The molecule has 1 N–H and O–H groups in total. The van der Waals surface area contributed by atoms with E-state index in [9.17, 15) is 4.79 Å². The maximum Gasteiger partial charge on any atom is 0.247 e. The van der Waals surface area contributed by atoms with E-state index in [1.165, 1.54) is 5.56 Å². The summed E-state index contributed by atoms with van der Waals surface area (Å²) in [5.41, 5.74) is 1.14. The molecule has 0 radical (unpaired) electrons. The number of hydrogen-bond acceptors (Lipinski definition) is 6. The molecular weight excluding hydrogens is 320 g/mol. The largest absolute Gasteiger partial charge is 0.461 e. The van der Waals surface area contributed by atoms with Crippen molar-refractivity contribution in [3.63, 3.8) is 0 Å². The van der Waals surface area contributed by atoms with Crippen LogP contribution in [0.15, 0.2) is 50.5 Å². The molecule has 0 spiro atoms. The lowest BCUT2D eigenvalue weighted by molar-refractivity contribution is 0.159. The molecule has 130 valence electrons. The molecule has 3 aromatic rings. The van der Waals surface area contributed by atoms with Crippen LogP contribution in [0.1, 0.15) is 24.3 Å². The van der Waals surface area contributed by atoms with E-state index in [0.717, 1.165) is 32.4 Å². The van der Waals surface area contributed by atoms with Crippen molar-refractivity contribution in [2.24, 2.45) is 5.92 Å². The second-order valence-electron chi connectivity index (χ2n) is 6.47. The fraction of sp³-hybridized carbons (Fsp3) is 0.389. The molecule has 3 aromatic heterocycles. The number of nitrogens with zero attached hydrogens (tertiary/aromatic N) is 3. The van der Waals surface area contributed by atoms with Gasteiger partial charge in [-0.3, -0.25) is 9.69 Å². The van der Waals surface area contributed by atoms with Crippen molar-refractivity contribution < 1.29 is 8.94 Å². The number of aromatic nitrogens is 3. The number of rotatable bonds is 5. The molecule has 0 aliphatic carbocycles. The standard InChI is InChI=1S/C18H20N4O3/c23-16-4-3-14(11-19-16)10-13-5-7-22(8-6-13)12-17-20-18(21-25-17)15-2-1-9-24-15/h1-4,9,11,13H,5-8,10,12H2,(H,19,23). The van der Waals surface area contributed by atoms with Gasteiger partial charge in [-0.15, -0.1) is 0 Å². The Morgan fingerprint density at radius 2 is 2.12 bits per heavy atom. The monoisotopic (exact) mass is 340 g/mol. The molecule has 1 aliphatic rings. The minimum absolute atomic E-state index is 0.0490. The van der Waals surface area contributed by atoms with E-state index in [2.05, 4.69) is 20.0 Å². The first-order valence-corrected chi connectivity index (χ1v) is 8.53. The lowest BCUT2D eigenvalue weighted by atomic mass is 9.91. The zero-order chi connectivity index (χ0) is 17.1. The highest BCUT2D eigenvalue weighted by molar-refractivity contribution is 5.44. The van der Waals surface area contributed by atoms with E-state index in [1.54, 1.807) is 18.4 Å². The van der Waals surface area contributed by atoms with Crippen LogP contribution in [0.25, 0.3) is 11.6 Å². The zero-order valence-electron chi connectivity index (χ0n) is 13.9. The van der Waals surface area contributed by atoms with E-state index < -0.39 is 0 Å². The van der Waals surface area contributed by atoms with Crippen LogP contribution in [-0.4, -0.2) is 33.1 Å². The highest BCUT2D eigenvalue weighted by Crippen LogP contribution is 2.23. The minimum atomic E-state index is -0.0490. The number of likely N-dealkylation sites (tertiary alicyclic amines) is 1. The van der Waals surface area contributed by atoms with Gasteiger partial charge in [0.2, 0.25) is 17.3 Å². The van der Waals surface area contributed by atoms with Crippen molar-refractivity contribution in [2.45, 2.75) is 25.8 Å². The Morgan fingerprint density at radius 1 is 1.24 bits per heavy atom. The summed E-state index contributed by atoms with van der Waals surface area (Å²) in [6, 6.07) is 7.13. The Bertz CT molecular complexity index is 840. The first-order valence-electron chi connectivity index (χ1n) is 8.53. The summed E-state index contributed by atoms with van der Waals surface area (Å²) in [7, 11) is 0. The van der Waals surface area contributed by atoms with Gasteiger partial charge in [0.1, 0.15) is 0 Å². The van der Waals surface area contributed by atoms with Gasteiger partial charge in [0.25, 0.3) is 0 Å². The van der Waals surface area contributed by atoms with Crippen molar-refractivity contribution in [2.75, 3.05) is 13.1 Å². The normalized spacial score (nSPS) is 16.3. The SMILES string of the molecule is O=c1ccc(CC2CCN(Cc3nc(-c4ccco4)no3)CC2)c[nH]1. The molecule has 7 nitrogen and oxygen atoms in total. The van der Waals surface area contributed by atoms with Crippen LogP contribution in [0.4, 0.5) is 0 Å². The van der Waals surface area contributed by atoms with Crippen LogP contribution in [0.3, 0.4) is 0 Å². The smallest absolute Gasteiger partial charge is 0.247 e. The number of aromatic amines is 1. The number of H-pyrrole nitrogens is 1. The Hall–Kier alpha value is -2.67. The average molecular weight is 340 g/mol. The molecule has 25 heavy (non-hydrogen) atoms. The third-order valence-corrected chi connectivity index (χ3v) is 4.65. The van der Waals surface area contributed by atoms with Gasteiger partial charge in [0.05, 0.1) is 12.8 Å². The van der Waals surface area contributed by atoms with Gasteiger partial charge in [-0.2, -0.15) is 4.98 Å². The number of nitrogens with one attached hydrogen (secondary N) is 1. The Labute approximate surface area is 144 Å². The highest BCUT2D eigenvalue weighted by Gasteiger charge is 2.21. The van der Waals surface area contributed by atoms with Gasteiger partial charge < -0.3 is 13.9 Å². The number of pyridine rings is 1. The Balaban J connectivity index is 1.29. The van der Waals surface area contributed by atoms with Crippen LogP contribution in [0, 0.1) is 5.92 Å². The second kappa shape index (κ2) is 7.06. The Morgan fingerprint density at radius 3 is 2.84 bits per heavy atom. The third kappa shape index (κ3) is 3.88. The molecule has 0 amide bonds. The maximum atomic E-state index is 11.1. The van der Waals surface area contributed by atoms with E-state index in [4.69, 9.17) is 8.94 Å².